The Bertz CT molecular complexity index is 442. The van der Waals surface area contributed by atoms with Gasteiger partial charge in [0.1, 0.15) is 12.1 Å². The van der Waals surface area contributed by atoms with E-state index >= 15 is 0 Å². The molecule has 8 heteroatoms. The van der Waals surface area contributed by atoms with Gasteiger partial charge in [0.2, 0.25) is 17.7 Å². The Morgan fingerprint density at radius 3 is 2.12 bits per heavy atom. The van der Waals surface area contributed by atoms with Crippen LogP contribution in [0.2, 0.25) is 0 Å². The SMILES string of the molecule is CCCC(=O)N(C)[C@H](COCCN)C(=O)N(C)[C@@H](CC(C)C)C(N)=O. The number of hydrogen-bond acceptors (Lipinski definition) is 5. The molecule has 0 saturated carbocycles. The van der Waals surface area contributed by atoms with Crippen LogP contribution in [0.5, 0.6) is 0 Å². The van der Waals surface area contributed by atoms with Crippen molar-refractivity contribution >= 4 is 17.7 Å². The minimum atomic E-state index is -0.815. The fourth-order valence-corrected chi connectivity index (χ4v) is 2.49. The van der Waals surface area contributed by atoms with Crippen molar-refractivity contribution < 1.29 is 19.1 Å². The first-order valence-electron chi connectivity index (χ1n) is 8.76. The predicted molar refractivity (Wildman–Crippen MR) is 96.5 cm³/mol. The number of likely N-dealkylation sites (N-methyl/N-ethyl adjacent to an activating group) is 2. The number of rotatable bonds is 12. The van der Waals surface area contributed by atoms with Crippen molar-refractivity contribution in [3.63, 3.8) is 0 Å². The van der Waals surface area contributed by atoms with Gasteiger partial charge in [-0.3, -0.25) is 14.4 Å². The van der Waals surface area contributed by atoms with Crippen LogP contribution in [0.1, 0.15) is 40.0 Å². The summed E-state index contributed by atoms with van der Waals surface area (Å²) in [6, 6.07) is -1.54. The summed E-state index contributed by atoms with van der Waals surface area (Å²) in [5, 5.41) is 0. The quantitative estimate of drug-likeness (QED) is 0.474. The molecule has 0 unspecified atom stereocenters. The molecule has 0 rings (SSSR count). The maximum atomic E-state index is 12.9. The van der Waals surface area contributed by atoms with E-state index in [1.54, 1.807) is 7.05 Å². The van der Waals surface area contributed by atoms with Crippen LogP contribution in [-0.4, -0.2) is 73.5 Å². The molecular weight excluding hydrogens is 324 g/mol. The Morgan fingerprint density at radius 2 is 1.68 bits per heavy atom. The van der Waals surface area contributed by atoms with E-state index in [0.717, 1.165) is 0 Å². The van der Waals surface area contributed by atoms with Crippen molar-refractivity contribution in [2.45, 2.75) is 52.1 Å². The molecule has 0 radical (unpaired) electrons. The largest absolute Gasteiger partial charge is 0.377 e. The van der Waals surface area contributed by atoms with Crippen molar-refractivity contribution in [3.8, 4) is 0 Å². The number of primary amides is 1. The molecule has 0 aliphatic carbocycles. The number of nitrogens with two attached hydrogens (primary N) is 2. The second-order valence-corrected chi connectivity index (χ2v) is 6.63. The number of carbonyl (C=O) groups excluding carboxylic acids is 3. The topological polar surface area (TPSA) is 119 Å². The maximum absolute atomic E-state index is 12.9. The van der Waals surface area contributed by atoms with Crippen LogP contribution in [0.3, 0.4) is 0 Å². The van der Waals surface area contributed by atoms with Gasteiger partial charge in [0.25, 0.3) is 0 Å². The van der Waals surface area contributed by atoms with Crippen LogP contribution >= 0.6 is 0 Å². The van der Waals surface area contributed by atoms with Gasteiger partial charge in [0.15, 0.2) is 0 Å². The molecule has 3 amide bonds. The summed E-state index contributed by atoms with van der Waals surface area (Å²) in [5.41, 5.74) is 10.9. The molecule has 0 fully saturated rings. The van der Waals surface area contributed by atoms with Crippen molar-refractivity contribution in [2.75, 3.05) is 33.9 Å². The molecule has 0 aromatic rings. The second kappa shape index (κ2) is 11.8. The lowest BCUT2D eigenvalue weighted by atomic mass is 10.0. The van der Waals surface area contributed by atoms with E-state index in [4.69, 9.17) is 16.2 Å². The highest BCUT2D eigenvalue weighted by Crippen LogP contribution is 2.14. The molecule has 25 heavy (non-hydrogen) atoms. The minimum absolute atomic E-state index is 0.0273. The lowest BCUT2D eigenvalue weighted by molar-refractivity contribution is -0.149. The summed E-state index contributed by atoms with van der Waals surface area (Å²) in [7, 11) is 3.11. The van der Waals surface area contributed by atoms with Crippen molar-refractivity contribution in [2.24, 2.45) is 17.4 Å². The van der Waals surface area contributed by atoms with Crippen LogP contribution in [0.25, 0.3) is 0 Å². The van der Waals surface area contributed by atoms with Gasteiger partial charge in [-0.25, -0.2) is 0 Å². The molecule has 0 saturated heterocycles. The molecule has 0 heterocycles. The van der Waals surface area contributed by atoms with Gasteiger partial charge in [0.05, 0.1) is 13.2 Å². The van der Waals surface area contributed by atoms with E-state index in [1.165, 1.54) is 16.8 Å². The zero-order valence-electron chi connectivity index (χ0n) is 16.2. The molecule has 0 spiro atoms. The molecule has 2 atom stereocenters. The van der Waals surface area contributed by atoms with E-state index in [0.29, 0.717) is 25.8 Å². The average molecular weight is 358 g/mol. The normalized spacial score (nSPS) is 13.4. The zero-order valence-corrected chi connectivity index (χ0v) is 16.2. The number of amides is 3. The second-order valence-electron chi connectivity index (χ2n) is 6.63. The smallest absolute Gasteiger partial charge is 0.248 e. The van der Waals surface area contributed by atoms with Gasteiger partial charge in [0, 0.05) is 27.1 Å². The highest BCUT2D eigenvalue weighted by atomic mass is 16.5. The monoisotopic (exact) mass is 358 g/mol. The van der Waals surface area contributed by atoms with Gasteiger partial charge in [-0.15, -0.1) is 0 Å². The summed E-state index contributed by atoms with van der Waals surface area (Å²) in [4.78, 5) is 39.6. The van der Waals surface area contributed by atoms with Crippen molar-refractivity contribution in [3.05, 3.63) is 0 Å². The lowest BCUT2D eigenvalue weighted by Gasteiger charge is -2.34. The first-order chi connectivity index (χ1) is 11.7. The van der Waals surface area contributed by atoms with E-state index in [9.17, 15) is 14.4 Å². The summed E-state index contributed by atoms with van der Waals surface area (Å²) >= 11 is 0. The van der Waals surface area contributed by atoms with E-state index in [-0.39, 0.29) is 30.9 Å². The van der Waals surface area contributed by atoms with Gasteiger partial charge < -0.3 is 26.0 Å². The van der Waals surface area contributed by atoms with E-state index < -0.39 is 18.0 Å². The number of carbonyl (C=O) groups is 3. The zero-order chi connectivity index (χ0) is 19.6. The fraction of sp³-hybridized carbons (Fsp3) is 0.824. The third-order valence-corrected chi connectivity index (χ3v) is 3.99. The van der Waals surface area contributed by atoms with Gasteiger partial charge in [-0.1, -0.05) is 20.8 Å². The summed E-state index contributed by atoms with van der Waals surface area (Å²) in [6.45, 7) is 6.43. The van der Waals surface area contributed by atoms with Gasteiger partial charge >= 0.3 is 0 Å². The van der Waals surface area contributed by atoms with E-state index in [1.807, 2.05) is 20.8 Å². The van der Waals surface area contributed by atoms with E-state index in [2.05, 4.69) is 0 Å². The Labute approximate surface area is 150 Å². The Kier molecular flexibility index (Phi) is 11.0. The molecule has 0 aliphatic rings. The maximum Gasteiger partial charge on any atom is 0.248 e. The fourth-order valence-electron chi connectivity index (χ4n) is 2.49. The van der Waals surface area contributed by atoms with Crippen LogP contribution in [0, 0.1) is 5.92 Å². The first-order valence-corrected chi connectivity index (χ1v) is 8.76. The number of ether oxygens (including phenoxy) is 1. The molecule has 146 valence electrons. The first kappa shape index (κ1) is 23.3. The van der Waals surface area contributed by atoms with Crippen LogP contribution in [0.4, 0.5) is 0 Å². The van der Waals surface area contributed by atoms with Crippen LogP contribution in [-0.2, 0) is 19.1 Å². The molecule has 0 aliphatic heterocycles. The third-order valence-electron chi connectivity index (χ3n) is 3.99. The summed E-state index contributed by atoms with van der Waals surface area (Å²) in [5.74, 6) is -0.883. The van der Waals surface area contributed by atoms with Gasteiger partial charge in [-0.2, -0.15) is 0 Å². The predicted octanol–water partition coefficient (Wildman–Crippen LogP) is -0.0528. The minimum Gasteiger partial charge on any atom is -0.377 e. The molecule has 4 N–H and O–H groups in total. The van der Waals surface area contributed by atoms with Crippen LogP contribution in [0.15, 0.2) is 0 Å². The summed E-state index contributed by atoms with van der Waals surface area (Å²) in [6.07, 6.45) is 1.48. The highest BCUT2D eigenvalue weighted by molar-refractivity contribution is 5.91. The molecule has 0 bridgehead atoms. The molecule has 8 nitrogen and oxygen atoms in total. The standard InChI is InChI=1S/C17H34N4O4/c1-6-7-15(22)20(4)14(11-25-9-8-18)17(24)21(5)13(16(19)23)10-12(2)3/h12-14H,6-11,18H2,1-5H3,(H2,19,23)/t13-,14+/m0/s1. The average Bonchev–Trinajstić information content (AvgIpc) is 2.54. The van der Waals surface area contributed by atoms with Crippen molar-refractivity contribution in [1.29, 1.82) is 0 Å². The Balaban J connectivity index is 5.33. The Morgan fingerprint density at radius 1 is 1.08 bits per heavy atom. The third kappa shape index (κ3) is 7.83. The molecule has 0 aromatic heterocycles. The summed E-state index contributed by atoms with van der Waals surface area (Å²) < 4.78 is 5.40. The van der Waals surface area contributed by atoms with Crippen LogP contribution < -0.4 is 11.5 Å². The molecule has 0 aromatic carbocycles. The van der Waals surface area contributed by atoms with Crippen molar-refractivity contribution in [1.82, 2.24) is 9.80 Å². The highest BCUT2D eigenvalue weighted by Gasteiger charge is 2.34. The van der Waals surface area contributed by atoms with Gasteiger partial charge in [-0.05, 0) is 18.8 Å². The number of hydrogen-bond donors (Lipinski definition) is 2. The Hall–Kier alpha value is -1.67. The lowest BCUT2D eigenvalue weighted by Crippen LogP contribution is -2.55. The molecular formula is C17H34N4O4. The number of nitrogens with zero attached hydrogens (tertiary/aromatic N) is 2.